The van der Waals surface area contributed by atoms with Crippen LogP contribution in [-0.2, 0) is 22.6 Å². The number of amides is 2. The molecule has 0 atom stereocenters. The van der Waals surface area contributed by atoms with E-state index in [-0.39, 0.29) is 16.5 Å². The minimum atomic E-state index is -0.472. The maximum Gasteiger partial charge on any atom is 0.272 e. The monoisotopic (exact) mass is 365 g/mol. The fraction of sp³-hybridized carbons (Fsp3) is 0.150. The van der Waals surface area contributed by atoms with Gasteiger partial charge in [0.15, 0.2) is 0 Å². The van der Waals surface area contributed by atoms with E-state index < -0.39 is 5.91 Å². The van der Waals surface area contributed by atoms with Crippen LogP contribution in [0.4, 0.5) is 0 Å². The molecule has 0 radical (unpaired) electrons. The van der Waals surface area contributed by atoms with Gasteiger partial charge in [0.05, 0.1) is 5.57 Å². The van der Waals surface area contributed by atoms with E-state index in [2.05, 4.69) is 17.1 Å². The van der Waals surface area contributed by atoms with Crippen LogP contribution >= 0.6 is 11.6 Å². The quantitative estimate of drug-likeness (QED) is 0.667. The molecule has 0 saturated carbocycles. The molecule has 0 spiro atoms. The normalized spacial score (nSPS) is 14.8. The average molecular weight is 366 g/mol. The highest BCUT2D eigenvalue weighted by Crippen LogP contribution is 2.35. The standard InChI is InChI=1S/C20H16ClN3O2/c1-23-19(25)16(17(21)20(23)26)15-12-24(18-14(15)8-5-10-22-18)11-9-13-6-3-2-4-7-13/h2-8,10,12H,9,11H2,1H3. The summed E-state index contributed by atoms with van der Waals surface area (Å²) in [5.74, 6) is -0.855. The zero-order valence-electron chi connectivity index (χ0n) is 14.1. The summed E-state index contributed by atoms with van der Waals surface area (Å²) in [5.41, 5.74) is 2.88. The Hall–Kier alpha value is -2.92. The lowest BCUT2D eigenvalue weighted by atomic mass is 10.1. The van der Waals surface area contributed by atoms with Gasteiger partial charge in [-0.15, -0.1) is 0 Å². The molecule has 26 heavy (non-hydrogen) atoms. The summed E-state index contributed by atoms with van der Waals surface area (Å²) in [6.07, 6.45) is 4.41. The van der Waals surface area contributed by atoms with E-state index in [9.17, 15) is 9.59 Å². The van der Waals surface area contributed by atoms with Crippen molar-refractivity contribution >= 4 is 40.0 Å². The zero-order valence-corrected chi connectivity index (χ0v) is 14.9. The Kier molecular flexibility index (Phi) is 4.09. The molecule has 0 aliphatic carbocycles. The van der Waals surface area contributed by atoms with Crippen molar-refractivity contribution in [1.82, 2.24) is 14.5 Å². The molecule has 0 fully saturated rings. The number of halogens is 1. The molecule has 1 aromatic carbocycles. The lowest BCUT2D eigenvalue weighted by molar-refractivity contribution is -0.134. The third-order valence-corrected chi connectivity index (χ3v) is 4.97. The highest BCUT2D eigenvalue weighted by molar-refractivity contribution is 6.55. The number of carbonyl (C=O) groups is 2. The number of fused-ring (bicyclic) bond motifs is 1. The van der Waals surface area contributed by atoms with Crippen molar-refractivity contribution in [3.05, 3.63) is 71.0 Å². The van der Waals surface area contributed by atoms with Crippen molar-refractivity contribution in [3.8, 4) is 0 Å². The van der Waals surface area contributed by atoms with Gasteiger partial charge in [-0.25, -0.2) is 4.98 Å². The number of rotatable bonds is 4. The summed E-state index contributed by atoms with van der Waals surface area (Å²) in [7, 11) is 1.44. The summed E-state index contributed by atoms with van der Waals surface area (Å²) in [6, 6.07) is 13.9. The first kappa shape index (κ1) is 16.5. The Labute approximate surface area is 155 Å². The van der Waals surface area contributed by atoms with Gasteiger partial charge >= 0.3 is 0 Å². The third-order valence-electron chi connectivity index (χ3n) is 4.62. The molecular formula is C20H16ClN3O2. The van der Waals surface area contributed by atoms with Crippen LogP contribution in [0.5, 0.6) is 0 Å². The van der Waals surface area contributed by atoms with E-state index in [1.165, 1.54) is 12.6 Å². The molecule has 0 N–H and O–H groups in total. The van der Waals surface area contributed by atoms with E-state index in [1.54, 1.807) is 6.20 Å². The van der Waals surface area contributed by atoms with Crippen LogP contribution in [0.3, 0.4) is 0 Å². The van der Waals surface area contributed by atoms with Gasteiger partial charge in [-0.05, 0) is 24.1 Å². The number of nitrogens with zero attached hydrogens (tertiary/aromatic N) is 3. The molecular weight excluding hydrogens is 350 g/mol. The molecule has 1 aliphatic heterocycles. The Bertz CT molecular complexity index is 1050. The van der Waals surface area contributed by atoms with Crippen molar-refractivity contribution in [2.24, 2.45) is 0 Å². The van der Waals surface area contributed by atoms with E-state index in [4.69, 9.17) is 11.6 Å². The van der Waals surface area contributed by atoms with Gasteiger partial charge in [-0.2, -0.15) is 0 Å². The van der Waals surface area contributed by atoms with Crippen LogP contribution in [-0.4, -0.2) is 33.3 Å². The number of hydrogen-bond acceptors (Lipinski definition) is 3. The predicted octanol–water partition coefficient (Wildman–Crippen LogP) is 3.23. The number of aryl methyl sites for hydroxylation is 2. The average Bonchev–Trinajstić information content (AvgIpc) is 3.12. The minimum Gasteiger partial charge on any atom is -0.332 e. The molecule has 0 bridgehead atoms. The van der Waals surface area contributed by atoms with Crippen LogP contribution in [0.15, 0.2) is 59.9 Å². The highest BCUT2D eigenvalue weighted by Gasteiger charge is 2.37. The van der Waals surface area contributed by atoms with E-state index in [1.807, 2.05) is 41.1 Å². The number of imide groups is 1. The molecule has 3 heterocycles. The van der Waals surface area contributed by atoms with Crippen molar-refractivity contribution in [2.45, 2.75) is 13.0 Å². The summed E-state index contributed by atoms with van der Waals surface area (Å²) >= 11 is 6.17. The molecule has 3 aromatic rings. The zero-order chi connectivity index (χ0) is 18.3. The lowest BCUT2D eigenvalue weighted by Gasteiger charge is -2.05. The highest BCUT2D eigenvalue weighted by atomic mass is 35.5. The van der Waals surface area contributed by atoms with Crippen LogP contribution in [0.2, 0.25) is 0 Å². The SMILES string of the molecule is CN1C(=O)C(Cl)=C(c2cn(CCc3ccccc3)c3ncccc23)C1=O. The number of pyridine rings is 1. The van der Waals surface area contributed by atoms with Crippen molar-refractivity contribution in [1.29, 1.82) is 0 Å². The summed E-state index contributed by atoms with van der Waals surface area (Å²) in [4.78, 5) is 30.0. The Morgan fingerprint density at radius 3 is 2.50 bits per heavy atom. The van der Waals surface area contributed by atoms with Gasteiger partial charge in [0.1, 0.15) is 10.7 Å². The fourth-order valence-electron chi connectivity index (χ4n) is 3.23. The topological polar surface area (TPSA) is 55.2 Å². The second-order valence-corrected chi connectivity index (χ2v) is 6.58. The second-order valence-electron chi connectivity index (χ2n) is 6.20. The smallest absolute Gasteiger partial charge is 0.272 e. The van der Waals surface area contributed by atoms with Gasteiger partial charge in [0.25, 0.3) is 11.8 Å². The molecule has 2 aromatic heterocycles. The van der Waals surface area contributed by atoms with Crippen LogP contribution < -0.4 is 0 Å². The molecule has 130 valence electrons. The van der Waals surface area contributed by atoms with E-state index in [0.717, 1.165) is 22.4 Å². The number of aromatic nitrogens is 2. The molecule has 6 heteroatoms. The molecule has 5 nitrogen and oxygen atoms in total. The number of hydrogen-bond donors (Lipinski definition) is 0. The molecule has 4 rings (SSSR count). The molecule has 2 amide bonds. The Balaban J connectivity index is 1.78. The van der Waals surface area contributed by atoms with Crippen molar-refractivity contribution in [3.63, 3.8) is 0 Å². The van der Waals surface area contributed by atoms with Crippen LogP contribution in [0.25, 0.3) is 16.6 Å². The molecule has 1 aliphatic rings. The third kappa shape index (κ3) is 2.61. The van der Waals surface area contributed by atoms with Crippen molar-refractivity contribution in [2.75, 3.05) is 7.05 Å². The van der Waals surface area contributed by atoms with Crippen LogP contribution in [0, 0.1) is 0 Å². The van der Waals surface area contributed by atoms with Crippen LogP contribution in [0.1, 0.15) is 11.1 Å². The largest absolute Gasteiger partial charge is 0.332 e. The lowest BCUT2D eigenvalue weighted by Crippen LogP contribution is -2.26. The van der Waals surface area contributed by atoms with Gasteiger partial charge in [0.2, 0.25) is 0 Å². The maximum absolute atomic E-state index is 12.5. The first-order chi connectivity index (χ1) is 12.6. The number of benzene rings is 1. The predicted molar refractivity (Wildman–Crippen MR) is 100 cm³/mol. The van der Waals surface area contributed by atoms with Gasteiger partial charge in [-0.1, -0.05) is 41.9 Å². The number of carbonyl (C=O) groups excluding carboxylic acids is 2. The fourth-order valence-corrected chi connectivity index (χ4v) is 3.54. The van der Waals surface area contributed by atoms with Gasteiger partial charge < -0.3 is 4.57 Å². The summed E-state index contributed by atoms with van der Waals surface area (Å²) in [6.45, 7) is 0.709. The Morgan fingerprint density at radius 1 is 1.04 bits per heavy atom. The molecule has 0 unspecified atom stereocenters. The van der Waals surface area contributed by atoms with E-state index >= 15 is 0 Å². The number of likely N-dealkylation sites (N-methyl/N-ethyl adjacent to an activating group) is 1. The Morgan fingerprint density at radius 2 is 1.81 bits per heavy atom. The minimum absolute atomic E-state index is 0.0385. The summed E-state index contributed by atoms with van der Waals surface area (Å²) < 4.78 is 2.00. The first-order valence-corrected chi connectivity index (χ1v) is 8.66. The van der Waals surface area contributed by atoms with Gasteiger partial charge in [0, 0.05) is 36.9 Å². The summed E-state index contributed by atoms with van der Waals surface area (Å²) in [5, 5.41) is 0.772. The second kappa shape index (κ2) is 6.42. The first-order valence-electron chi connectivity index (χ1n) is 8.28. The molecule has 0 saturated heterocycles. The van der Waals surface area contributed by atoms with Crippen molar-refractivity contribution < 1.29 is 9.59 Å². The van der Waals surface area contributed by atoms with E-state index in [0.29, 0.717) is 12.1 Å². The maximum atomic E-state index is 12.5. The van der Waals surface area contributed by atoms with Gasteiger partial charge in [-0.3, -0.25) is 14.5 Å².